The Kier molecular flexibility index (Phi) is 5.59. The monoisotopic (exact) mass is 270 g/mol. The van der Waals surface area contributed by atoms with Crippen LogP contribution in [0, 0.1) is 12.8 Å². The first kappa shape index (κ1) is 15.0. The molecule has 0 aliphatic heterocycles. The lowest BCUT2D eigenvalue weighted by Crippen LogP contribution is -2.15. The van der Waals surface area contributed by atoms with E-state index >= 15 is 0 Å². The number of methoxy groups -OCH3 is 1. The second-order valence-corrected chi connectivity index (χ2v) is 6.14. The zero-order chi connectivity index (χ0) is 13.7. The lowest BCUT2D eigenvalue weighted by atomic mass is 10.0. The number of ether oxygens (including phenoxy) is 1. The SMILES string of the molecule is COC(=O)c1nc(NC(C)CCC(C)C)sc1C. The standard InChI is InChI=1S/C13H22N2O2S/c1-8(2)6-7-9(3)14-13-15-11(10(4)18-13)12(16)17-5/h8-9H,6-7H2,1-5H3,(H,14,15). The summed E-state index contributed by atoms with van der Waals surface area (Å²) in [7, 11) is 1.37. The number of esters is 1. The summed E-state index contributed by atoms with van der Waals surface area (Å²) in [6, 6.07) is 0.364. The molecule has 0 bridgehead atoms. The van der Waals surface area contributed by atoms with Crippen LogP contribution in [0.5, 0.6) is 0 Å². The molecule has 0 fully saturated rings. The van der Waals surface area contributed by atoms with Crippen molar-refractivity contribution in [1.82, 2.24) is 4.98 Å². The highest BCUT2D eigenvalue weighted by atomic mass is 32.1. The molecule has 0 saturated carbocycles. The summed E-state index contributed by atoms with van der Waals surface area (Å²) >= 11 is 1.50. The highest BCUT2D eigenvalue weighted by Crippen LogP contribution is 2.24. The van der Waals surface area contributed by atoms with Gasteiger partial charge in [-0.25, -0.2) is 9.78 Å². The lowest BCUT2D eigenvalue weighted by Gasteiger charge is -2.13. The number of nitrogens with one attached hydrogen (secondary N) is 1. The van der Waals surface area contributed by atoms with Crippen LogP contribution < -0.4 is 5.32 Å². The van der Waals surface area contributed by atoms with Crippen molar-refractivity contribution in [3.05, 3.63) is 10.6 Å². The Morgan fingerprint density at radius 1 is 1.39 bits per heavy atom. The van der Waals surface area contributed by atoms with E-state index in [0.29, 0.717) is 17.7 Å². The third-order valence-electron chi connectivity index (χ3n) is 2.72. The minimum Gasteiger partial charge on any atom is -0.464 e. The molecular formula is C13H22N2O2S. The topological polar surface area (TPSA) is 51.2 Å². The number of aryl methyl sites for hydroxylation is 1. The molecule has 1 aromatic rings. The van der Waals surface area contributed by atoms with Gasteiger partial charge in [0.15, 0.2) is 10.8 Å². The smallest absolute Gasteiger partial charge is 0.357 e. The van der Waals surface area contributed by atoms with Gasteiger partial charge in [0.1, 0.15) is 0 Å². The summed E-state index contributed by atoms with van der Waals surface area (Å²) in [4.78, 5) is 16.6. The fourth-order valence-corrected chi connectivity index (χ4v) is 2.52. The Morgan fingerprint density at radius 3 is 2.61 bits per heavy atom. The van der Waals surface area contributed by atoms with Crippen molar-refractivity contribution in [2.24, 2.45) is 5.92 Å². The number of hydrogen-bond acceptors (Lipinski definition) is 5. The second-order valence-electron chi connectivity index (χ2n) is 4.93. The minimum absolute atomic E-state index is 0.364. The van der Waals surface area contributed by atoms with Crippen molar-refractivity contribution in [3.8, 4) is 0 Å². The predicted molar refractivity (Wildman–Crippen MR) is 75.3 cm³/mol. The van der Waals surface area contributed by atoms with Crippen LogP contribution in [-0.4, -0.2) is 24.1 Å². The van der Waals surface area contributed by atoms with E-state index in [2.05, 4.69) is 31.1 Å². The summed E-state index contributed by atoms with van der Waals surface area (Å²) in [6.07, 6.45) is 2.28. The Morgan fingerprint density at radius 2 is 2.06 bits per heavy atom. The molecule has 0 aromatic carbocycles. The maximum absolute atomic E-state index is 11.4. The third-order valence-corrected chi connectivity index (χ3v) is 3.62. The molecule has 18 heavy (non-hydrogen) atoms. The van der Waals surface area contributed by atoms with Crippen molar-refractivity contribution < 1.29 is 9.53 Å². The van der Waals surface area contributed by atoms with Gasteiger partial charge in [-0.3, -0.25) is 0 Å². The molecule has 0 amide bonds. The number of anilines is 1. The fraction of sp³-hybridized carbons (Fsp3) is 0.692. The van der Waals surface area contributed by atoms with Crippen molar-refractivity contribution in [3.63, 3.8) is 0 Å². The highest BCUT2D eigenvalue weighted by Gasteiger charge is 2.16. The van der Waals surface area contributed by atoms with Gasteiger partial charge in [-0.15, -0.1) is 11.3 Å². The summed E-state index contributed by atoms with van der Waals surface area (Å²) in [5, 5.41) is 4.13. The van der Waals surface area contributed by atoms with E-state index in [-0.39, 0.29) is 5.97 Å². The van der Waals surface area contributed by atoms with Gasteiger partial charge in [-0.1, -0.05) is 13.8 Å². The zero-order valence-corrected chi connectivity index (χ0v) is 12.6. The van der Waals surface area contributed by atoms with Crippen molar-refractivity contribution in [2.75, 3.05) is 12.4 Å². The van der Waals surface area contributed by atoms with Gasteiger partial charge in [0.25, 0.3) is 0 Å². The van der Waals surface area contributed by atoms with E-state index in [4.69, 9.17) is 4.74 Å². The molecule has 0 aliphatic rings. The van der Waals surface area contributed by atoms with E-state index in [1.807, 2.05) is 6.92 Å². The number of carbonyl (C=O) groups excluding carboxylic acids is 1. The number of carbonyl (C=O) groups is 1. The molecule has 1 unspecified atom stereocenters. The normalized spacial score (nSPS) is 12.6. The number of nitrogens with zero attached hydrogens (tertiary/aromatic N) is 1. The molecule has 0 radical (unpaired) electrons. The number of aromatic nitrogens is 1. The fourth-order valence-electron chi connectivity index (χ4n) is 1.61. The maximum atomic E-state index is 11.4. The maximum Gasteiger partial charge on any atom is 0.357 e. The first-order valence-electron chi connectivity index (χ1n) is 6.26. The average molecular weight is 270 g/mol. The van der Waals surface area contributed by atoms with E-state index in [9.17, 15) is 4.79 Å². The van der Waals surface area contributed by atoms with Gasteiger partial charge in [-0.2, -0.15) is 0 Å². The van der Waals surface area contributed by atoms with Crippen LogP contribution in [0.3, 0.4) is 0 Å². The van der Waals surface area contributed by atoms with Gasteiger partial charge in [0.2, 0.25) is 0 Å². The Hall–Kier alpha value is -1.10. The van der Waals surface area contributed by atoms with Crippen molar-refractivity contribution in [2.45, 2.75) is 46.6 Å². The van der Waals surface area contributed by atoms with Crippen molar-refractivity contribution in [1.29, 1.82) is 0 Å². The quantitative estimate of drug-likeness (QED) is 0.804. The molecule has 0 saturated heterocycles. The third kappa shape index (κ3) is 4.29. The second kappa shape index (κ2) is 6.73. The van der Waals surface area contributed by atoms with Crippen molar-refractivity contribution >= 4 is 22.4 Å². The summed E-state index contributed by atoms with van der Waals surface area (Å²) in [5.74, 6) is 0.338. The van der Waals surface area contributed by atoms with E-state index < -0.39 is 0 Å². The molecule has 5 heteroatoms. The largest absolute Gasteiger partial charge is 0.464 e. The van der Waals surface area contributed by atoms with Crippen LogP contribution in [0.25, 0.3) is 0 Å². The predicted octanol–water partition coefficient (Wildman–Crippen LogP) is 3.47. The van der Waals surface area contributed by atoms with Crippen LogP contribution in [0.2, 0.25) is 0 Å². The van der Waals surface area contributed by atoms with Crippen LogP contribution in [0.4, 0.5) is 5.13 Å². The molecular weight excluding hydrogens is 248 g/mol. The molecule has 1 aromatic heterocycles. The van der Waals surface area contributed by atoms with Crippen LogP contribution >= 0.6 is 11.3 Å². The van der Waals surface area contributed by atoms with Gasteiger partial charge in [0.05, 0.1) is 7.11 Å². The first-order valence-corrected chi connectivity index (χ1v) is 7.08. The van der Waals surface area contributed by atoms with Crippen LogP contribution in [0.15, 0.2) is 0 Å². The molecule has 1 heterocycles. The van der Waals surface area contributed by atoms with Gasteiger partial charge >= 0.3 is 5.97 Å². The number of hydrogen-bond donors (Lipinski definition) is 1. The highest BCUT2D eigenvalue weighted by molar-refractivity contribution is 7.15. The summed E-state index contributed by atoms with van der Waals surface area (Å²) < 4.78 is 4.69. The number of rotatable bonds is 6. The number of thiazole rings is 1. The van der Waals surface area contributed by atoms with E-state index in [1.165, 1.54) is 24.9 Å². The average Bonchev–Trinajstić information content (AvgIpc) is 2.66. The lowest BCUT2D eigenvalue weighted by molar-refractivity contribution is 0.0594. The molecule has 1 N–H and O–H groups in total. The Balaban J connectivity index is 2.60. The molecule has 0 spiro atoms. The molecule has 102 valence electrons. The Labute approximate surface area is 113 Å². The van der Waals surface area contributed by atoms with Crippen LogP contribution in [-0.2, 0) is 4.74 Å². The summed E-state index contributed by atoms with van der Waals surface area (Å²) in [5.41, 5.74) is 0.418. The molecule has 4 nitrogen and oxygen atoms in total. The summed E-state index contributed by atoms with van der Waals surface area (Å²) in [6.45, 7) is 8.45. The van der Waals surface area contributed by atoms with E-state index in [0.717, 1.165) is 16.4 Å². The first-order chi connectivity index (χ1) is 8.43. The van der Waals surface area contributed by atoms with Gasteiger partial charge in [-0.05, 0) is 32.6 Å². The zero-order valence-electron chi connectivity index (χ0n) is 11.7. The molecule has 1 rings (SSSR count). The minimum atomic E-state index is -0.369. The van der Waals surface area contributed by atoms with E-state index in [1.54, 1.807) is 0 Å². The van der Waals surface area contributed by atoms with Crippen LogP contribution in [0.1, 0.15) is 49.0 Å². The Bertz CT molecular complexity index is 402. The molecule has 1 atom stereocenters. The van der Waals surface area contributed by atoms with Gasteiger partial charge < -0.3 is 10.1 Å². The molecule has 0 aliphatic carbocycles. The van der Waals surface area contributed by atoms with Gasteiger partial charge in [0, 0.05) is 10.9 Å².